The molecule has 0 saturated carbocycles. The topological polar surface area (TPSA) is 87.8 Å². The molecule has 1 aliphatic rings. The van der Waals surface area contributed by atoms with E-state index in [0.29, 0.717) is 22.4 Å². The highest BCUT2D eigenvalue weighted by atomic mass is 32.1. The van der Waals surface area contributed by atoms with Gasteiger partial charge in [0.2, 0.25) is 0 Å². The Balaban J connectivity index is 1.61. The number of aryl methyl sites for hydroxylation is 1. The molecule has 2 aromatic carbocycles. The molecule has 4 aromatic rings. The number of nitrogens with one attached hydrogen (secondary N) is 1. The first kappa shape index (κ1) is 22.6. The van der Waals surface area contributed by atoms with Gasteiger partial charge in [-0.05, 0) is 73.2 Å². The fourth-order valence-corrected chi connectivity index (χ4v) is 4.80. The predicted octanol–water partition coefficient (Wildman–Crippen LogP) is 5.53. The number of aromatic carboxylic acids is 1. The Morgan fingerprint density at radius 1 is 1.11 bits per heavy atom. The average Bonchev–Trinajstić information content (AvgIpc) is 3.48. The van der Waals surface area contributed by atoms with Crippen molar-refractivity contribution in [1.82, 2.24) is 10.3 Å². The minimum absolute atomic E-state index is 0.237. The monoisotopic (exact) mass is 485 g/mol. The molecule has 8 heteroatoms. The number of para-hydroxylation sites is 2. The van der Waals surface area contributed by atoms with E-state index in [1.165, 1.54) is 0 Å². The molecule has 7 nitrogen and oxygen atoms in total. The SMILES string of the molecule is COc1ccccc1N1C(=S)NC(c2ccccn2)C1c1ccc(-c2ccc(C(=O)O)cc2C)o1. The highest BCUT2D eigenvalue weighted by Gasteiger charge is 2.43. The number of rotatable bonds is 6. The quantitative estimate of drug-likeness (QED) is 0.345. The Bertz CT molecular complexity index is 1400. The Kier molecular flexibility index (Phi) is 5.96. The highest BCUT2D eigenvalue weighted by Crippen LogP contribution is 2.45. The summed E-state index contributed by atoms with van der Waals surface area (Å²) in [5.74, 6) is 1.06. The molecule has 0 radical (unpaired) electrons. The van der Waals surface area contributed by atoms with Crippen LogP contribution in [-0.4, -0.2) is 28.3 Å². The lowest BCUT2D eigenvalue weighted by Crippen LogP contribution is -2.29. The van der Waals surface area contributed by atoms with Gasteiger partial charge >= 0.3 is 5.97 Å². The van der Waals surface area contributed by atoms with Crippen molar-refractivity contribution in [3.63, 3.8) is 0 Å². The maximum Gasteiger partial charge on any atom is 0.335 e. The Morgan fingerprint density at radius 2 is 1.91 bits per heavy atom. The summed E-state index contributed by atoms with van der Waals surface area (Å²) in [6, 6.07) is 21.7. The first-order valence-electron chi connectivity index (χ1n) is 11.1. The van der Waals surface area contributed by atoms with Gasteiger partial charge < -0.3 is 24.5 Å². The fraction of sp³-hybridized carbons (Fsp3) is 0.148. The van der Waals surface area contributed by atoms with Crippen LogP contribution in [0.25, 0.3) is 11.3 Å². The van der Waals surface area contributed by atoms with Gasteiger partial charge in [-0.1, -0.05) is 24.3 Å². The molecule has 1 fully saturated rings. The van der Waals surface area contributed by atoms with Crippen LogP contribution in [0.4, 0.5) is 5.69 Å². The van der Waals surface area contributed by atoms with Crippen LogP contribution >= 0.6 is 12.2 Å². The zero-order valence-electron chi connectivity index (χ0n) is 19.1. The second kappa shape index (κ2) is 9.23. The number of carboxylic acids is 1. The summed E-state index contributed by atoms with van der Waals surface area (Å²) in [7, 11) is 1.63. The van der Waals surface area contributed by atoms with Gasteiger partial charge in [-0.15, -0.1) is 0 Å². The molecule has 176 valence electrons. The van der Waals surface area contributed by atoms with Gasteiger partial charge in [-0.2, -0.15) is 0 Å². The van der Waals surface area contributed by atoms with Crippen LogP contribution in [0.5, 0.6) is 5.75 Å². The van der Waals surface area contributed by atoms with Crippen LogP contribution in [0.3, 0.4) is 0 Å². The first-order valence-corrected chi connectivity index (χ1v) is 11.5. The molecule has 0 aliphatic carbocycles. The maximum absolute atomic E-state index is 11.3. The molecule has 0 amide bonds. The van der Waals surface area contributed by atoms with E-state index in [1.807, 2.05) is 66.4 Å². The van der Waals surface area contributed by atoms with Crippen LogP contribution in [0.1, 0.15) is 39.5 Å². The summed E-state index contributed by atoms with van der Waals surface area (Å²) in [5.41, 5.74) is 3.52. The van der Waals surface area contributed by atoms with Crippen molar-refractivity contribution in [2.24, 2.45) is 0 Å². The van der Waals surface area contributed by atoms with Crippen molar-refractivity contribution < 1.29 is 19.1 Å². The van der Waals surface area contributed by atoms with Crippen LogP contribution < -0.4 is 15.0 Å². The van der Waals surface area contributed by atoms with Gasteiger partial charge in [0, 0.05) is 11.8 Å². The number of aromatic nitrogens is 1. The van der Waals surface area contributed by atoms with E-state index >= 15 is 0 Å². The van der Waals surface area contributed by atoms with E-state index in [1.54, 1.807) is 31.5 Å². The Labute approximate surface area is 208 Å². The summed E-state index contributed by atoms with van der Waals surface area (Å²) < 4.78 is 12.0. The van der Waals surface area contributed by atoms with Gasteiger partial charge in [0.1, 0.15) is 23.3 Å². The number of methoxy groups -OCH3 is 1. The fourth-order valence-electron chi connectivity index (χ4n) is 4.46. The van der Waals surface area contributed by atoms with Crippen molar-refractivity contribution in [2.75, 3.05) is 12.0 Å². The molecule has 1 aliphatic heterocycles. The summed E-state index contributed by atoms with van der Waals surface area (Å²) in [6.45, 7) is 1.87. The van der Waals surface area contributed by atoms with Gasteiger partial charge in [-0.3, -0.25) is 4.98 Å². The van der Waals surface area contributed by atoms with Crippen LogP contribution in [0, 0.1) is 6.92 Å². The van der Waals surface area contributed by atoms with E-state index in [4.69, 9.17) is 21.4 Å². The number of hydrogen-bond donors (Lipinski definition) is 2. The normalized spacial score (nSPS) is 17.3. The highest BCUT2D eigenvalue weighted by molar-refractivity contribution is 7.80. The van der Waals surface area contributed by atoms with E-state index in [-0.39, 0.29) is 17.6 Å². The summed E-state index contributed by atoms with van der Waals surface area (Å²) in [4.78, 5) is 17.9. The van der Waals surface area contributed by atoms with E-state index in [0.717, 1.165) is 22.5 Å². The second-order valence-corrected chi connectivity index (χ2v) is 8.59. The standard InChI is InChI=1S/C27H23N3O4S/c1-16-15-17(26(31)32)10-11-18(16)21-12-13-23(34-21)25-24(19-7-5-6-14-28-19)29-27(35)30(25)20-8-3-4-9-22(20)33-2/h3-15,24-25H,1-2H3,(H,29,35)(H,31,32). The van der Waals surface area contributed by atoms with Crippen LogP contribution in [-0.2, 0) is 0 Å². The molecule has 2 N–H and O–H groups in total. The average molecular weight is 486 g/mol. The lowest BCUT2D eigenvalue weighted by Gasteiger charge is -2.27. The maximum atomic E-state index is 11.3. The van der Waals surface area contributed by atoms with E-state index in [2.05, 4.69) is 10.3 Å². The first-order chi connectivity index (χ1) is 17.0. The third-order valence-electron chi connectivity index (χ3n) is 6.10. The number of nitrogens with zero attached hydrogens (tertiary/aromatic N) is 2. The number of thiocarbonyl (C=S) groups is 1. The zero-order chi connectivity index (χ0) is 24.5. The van der Waals surface area contributed by atoms with Gasteiger partial charge in [0.05, 0.1) is 30.1 Å². The molecule has 0 spiro atoms. The summed E-state index contributed by atoms with van der Waals surface area (Å²) in [5, 5.41) is 13.2. The largest absolute Gasteiger partial charge is 0.495 e. The molecule has 0 bridgehead atoms. The molecular weight excluding hydrogens is 462 g/mol. The van der Waals surface area contributed by atoms with Crippen molar-refractivity contribution in [3.8, 4) is 17.1 Å². The number of hydrogen-bond acceptors (Lipinski definition) is 5. The van der Waals surface area contributed by atoms with Crippen molar-refractivity contribution in [3.05, 3.63) is 102 Å². The number of carboxylic acid groups (broad SMARTS) is 1. The summed E-state index contributed by atoms with van der Waals surface area (Å²) >= 11 is 5.78. The minimum Gasteiger partial charge on any atom is -0.495 e. The van der Waals surface area contributed by atoms with Crippen LogP contribution in [0.2, 0.25) is 0 Å². The number of ether oxygens (including phenoxy) is 1. The molecule has 2 atom stereocenters. The van der Waals surface area contributed by atoms with Crippen molar-refractivity contribution >= 4 is 29.0 Å². The lowest BCUT2D eigenvalue weighted by molar-refractivity contribution is 0.0696. The molecule has 5 rings (SSSR count). The number of carbonyl (C=O) groups is 1. The molecule has 3 heterocycles. The van der Waals surface area contributed by atoms with E-state index < -0.39 is 5.97 Å². The number of anilines is 1. The molecule has 2 aromatic heterocycles. The van der Waals surface area contributed by atoms with E-state index in [9.17, 15) is 9.90 Å². The zero-order valence-corrected chi connectivity index (χ0v) is 20.0. The van der Waals surface area contributed by atoms with Crippen molar-refractivity contribution in [1.29, 1.82) is 0 Å². The summed E-state index contributed by atoms with van der Waals surface area (Å²) in [6.07, 6.45) is 1.75. The smallest absolute Gasteiger partial charge is 0.335 e. The Hall–Kier alpha value is -4.17. The van der Waals surface area contributed by atoms with Crippen molar-refractivity contribution in [2.45, 2.75) is 19.0 Å². The van der Waals surface area contributed by atoms with Gasteiger partial charge in [0.25, 0.3) is 0 Å². The Morgan fingerprint density at radius 3 is 2.63 bits per heavy atom. The number of benzene rings is 2. The molecular formula is C27H23N3O4S. The molecule has 1 saturated heterocycles. The second-order valence-electron chi connectivity index (χ2n) is 8.21. The number of pyridine rings is 1. The minimum atomic E-state index is -0.962. The third kappa shape index (κ3) is 4.13. The van der Waals surface area contributed by atoms with Gasteiger partial charge in [-0.25, -0.2) is 4.79 Å². The number of furan rings is 1. The third-order valence-corrected chi connectivity index (χ3v) is 6.41. The lowest BCUT2D eigenvalue weighted by atomic mass is 10.0. The predicted molar refractivity (Wildman–Crippen MR) is 137 cm³/mol. The van der Waals surface area contributed by atoms with Crippen LogP contribution in [0.15, 0.2) is 83.4 Å². The van der Waals surface area contributed by atoms with Gasteiger partial charge in [0.15, 0.2) is 5.11 Å². The molecule has 35 heavy (non-hydrogen) atoms. The molecule has 2 unspecified atom stereocenters.